The predicted octanol–water partition coefficient (Wildman–Crippen LogP) is 4.31. The quantitative estimate of drug-likeness (QED) is 0.823. The minimum Gasteiger partial charge on any atom is -0.473 e. The van der Waals surface area contributed by atoms with Gasteiger partial charge in [-0.15, -0.1) is 0 Å². The van der Waals surface area contributed by atoms with Gasteiger partial charge in [0.1, 0.15) is 17.7 Å². The van der Waals surface area contributed by atoms with Crippen LogP contribution < -0.4 is 4.74 Å². The molecule has 0 N–H and O–H groups in total. The molecule has 1 aliphatic rings. The lowest BCUT2D eigenvalue weighted by Gasteiger charge is -2.31. The number of pyridine rings is 1. The molecule has 1 saturated carbocycles. The third-order valence-corrected chi connectivity index (χ3v) is 4.22. The molecule has 21 heavy (non-hydrogen) atoms. The highest BCUT2D eigenvalue weighted by atomic mass is 16.5. The highest BCUT2D eigenvalue weighted by molar-refractivity contribution is 5.80. The maximum atomic E-state index is 9.34. The Labute approximate surface area is 125 Å². The molecule has 0 spiro atoms. The molecule has 0 saturated heterocycles. The molecule has 0 amide bonds. The Balaban J connectivity index is 1.90. The predicted molar refractivity (Wildman–Crippen MR) is 83.1 cm³/mol. The van der Waals surface area contributed by atoms with Crippen molar-refractivity contribution in [2.75, 3.05) is 0 Å². The third-order valence-electron chi connectivity index (χ3n) is 4.22. The molecule has 1 aromatic carbocycles. The van der Waals surface area contributed by atoms with Crippen LogP contribution >= 0.6 is 0 Å². The van der Waals surface area contributed by atoms with Gasteiger partial charge in [-0.1, -0.05) is 32.0 Å². The number of hydrogen-bond donors (Lipinski definition) is 0. The fourth-order valence-electron chi connectivity index (χ4n) is 3.40. The normalized spacial score (nSPS) is 25.5. The van der Waals surface area contributed by atoms with Crippen molar-refractivity contribution in [3.05, 3.63) is 35.9 Å². The molecule has 1 aliphatic carbocycles. The van der Waals surface area contributed by atoms with E-state index < -0.39 is 0 Å². The minimum atomic E-state index is 0.171. The topological polar surface area (TPSA) is 45.9 Å². The van der Waals surface area contributed by atoms with Crippen molar-refractivity contribution in [1.82, 2.24) is 4.98 Å². The summed E-state index contributed by atoms with van der Waals surface area (Å²) in [6, 6.07) is 11.9. The lowest BCUT2D eigenvalue weighted by Crippen LogP contribution is -2.29. The Kier molecular flexibility index (Phi) is 3.79. The molecule has 1 heterocycles. The molecule has 2 unspecified atom stereocenters. The first-order chi connectivity index (χ1) is 10.2. The second-order valence-corrected chi connectivity index (χ2v) is 6.30. The first-order valence-corrected chi connectivity index (χ1v) is 7.62. The second-order valence-electron chi connectivity index (χ2n) is 6.30. The van der Waals surface area contributed by atoms with Crippen LogP contribution in [0.3, 0.4) is 0 Å². The van der Waals surface area contributed by atoms with Crippen molar-refractivity contribution in [1.29, 1.82) is 5.26 Å². The van der Waals surface area contributed by atoms with Crippen LogP contribution in [-0.2, 0) is 0 Å². The van der Waals surface area contributed by atoms with Gasteiger partial charge in [-0.3, -0.25) is 0 Å². The molecule has 0 aliphatic heterocycles. The van der Waals surface area contributed by atoms with Gasteiger partial charge in [-0.05, 0) is 43.2 Å². The number of rotatable bonds is 2. The Morgan fingerprint density at radius 3 is 2.57 bits per heavy atom. The van der Waals surface area contributed by atoms with E-state index in [4.69, 9.17) is 4.74 Å². The van der Waals surface area contributed by atoms with Crippen molar-refractivity contribution in [3.8, 4) is 11.9 Å². The first-order valence-electron chi connectivity index (χ1n) is 7.62. The number of para-hydroxylation sites is 1. The van der Waals surface area contributed by atoms with Crippen LogP contribution in [0.25, 0.3) is 10.9 Å². The van der Waals surface area contributed by atoms with Crippen LogP contribution in [-0.4, -0.2) is 11.1 Å². The Morgan fingerprint density at radius 1 is 1.14 bits per heavy atom. The van der Waals surface area contributed by atoms with E-state index in [0.29, 0.717) is 23.3 Å². The number of benzene rings is 1. The Bertz CT molecular complexity index is 679. The van der Waals surface area contributed by atoms with E-state index in [1.165, 1.54) is 6.42 Å². The van der Waals surface area contributed by atoms with Crippen LogP contribution in [0, 0.1) is 23.2 Å². The van der Waals surface area contributed by atoms with Gasteiger partial charge in [0.05, 0.1) is 5.52 Å². The molecule has 0 bridgehead atoms. The van der Waals surface area contributed by atoms with Crippen molar-refractivity contribution >= 4 is 10.9 Å². The Morgan fingerprint density at radius 2 is 1.86 bits per heavy atom. The molecule has 3 nitrogen and oxygen atoms in total. The fraction of sp³-hybridized carbons (Fsp3) is 0.444. The fourth-order valence-corrected chi connectivity index (χ4v) is 3.40. The lowest BCUT2D eigenvalue weighted by atomic mass is 9.82. The summed E-state index contributed by atoms with van der Waals surface area (Å²) in [5, 5.41) is 10.3. The summed E-state index contributed by atoms with van der Waals surface area (Å²) >= 11 is 0. The van der Waals surface area contributed by atoms with E-state index >= 15 is 0 Å². The van der Waals surface area contributed by atoms with Crippen LogP contribution in [0.15, 0.2) is 30.3 Å². The summed E-state index contributed by atoms with van der Waals surface area (Å²) in [6.07, 6.45) is 3.52. The van der Waals surface area contributed by atoms with E-state index in [-0.39, 0.29) is 6.10 Å². The van der Waals surface area contributed by atoms with E-state index in [0.717, 1.165) is 23.7 Å². The minimum absolute atomic E-state index is 0.171. The standard InChI is InChI=1S/C18H20N2O/c1-12-7-13(2)9-16(8-12)21-18-15(11-19)10-14-5-3-4-6-17(14)20-18/h3-6,10,12-13,16H,7-9H2,1-2H3. The number of aromatic nitrogens is 1. The maximum Gasteiger partial charge on any atom is 0.232 e. The molecule has 0 radical (unpaired) electrons. The van der Waals surface area contributed by atoms with E-state index in [1.54, 1.807) is 0 Å². The molecule has 3 heteroatoms. The van der Waals surface area contributed by atoms with Gasteiger partial charge in [0, 0.05) is 5.39 Å². The van der Waals surface area contributed by atoms with E-state index in [2.05, 4.69) is 24.9 Å². The van der Waals surface area contributed by atoms with Crippen molar-refractivity contribution in [2.45, 2.75) is 39.2 Å². The second kappa shape index (κ2) is 5.73. The van der Waals surface area contributed by atoms with Crippen molar-refractivity contribution in [2.24, 2.45) is 11.8 Å². The number of fused-ring (bicyclic) bond motifs is 1. The Hall–Kier alpha value is -2.08. The average molecular weight is 280 g/mol. The van der Waals surface area contributed by atoms with E-state index in [1.807, 2.05) is 30.3 Å². The van der Waals surface area contributed by atoms with Gasteiger partial charge in [-0.2, -0.15) is 5.26 Å². The summed E-state index contributed by atoms with van der Waals surface area (Å²) in [6.45, 7) is 4.54. The van der Waals surface area contributed by atoms with Crippen molar-refractivity contribution in [3.63, 3.8) is 0 Å². The lowest BCUT2D eigenvalue weighted by molar-refractivity contribution is 0.0967. The van der Waals surface area contributed by atoms with Gasteiger partial charge in [0.25, 0.3) is 0 Å². The number of nitriles is 1. The van der Waals surface area contributed by atoms with Crippen molar-refractivity contribution < 1.29 is 4.74 Å². The van der Waals surface area contributed by atoms with Gasteiger partial charge in [-0.25, -0.2) is 4.98 Å². The first kappa shape index (κ1) is 13.9. The molecule has 1 aromatic heterocycles. The zero-order chi connectivity index (χ0) is 14.8. The largest absolute Gasteiger partial charge is 0.473 e. The highest BCUT2D eigenvalue weighted by Crippen LogP contribution is 2.32. The molecule has 108 valence electrons. The molecular formula is C18H20N2O. The zero-order valence-corrected chi connectivity index (χ0v) is 12.5. The molecular weight excluding hydrogens is 260 g/mol. The van der Waals surface area contributed by atoms with E-state index in [9.17, 15) is 5.26 Å². The number of ether oxygens (including phenoxy) is 1. The maximum absolute atomic E-state index is 9.34. The monoisotopic (exact) mass is 280 g/mol. The van der Waals surface area contributed by atoms with Crippen LogP contribution in [0.1, 0.15) is 38.7 Å². The van der Waals surface area contributed by atoms with Gasteiger partial charge in [0.2, 0.25) is 5.88 Å². The van der Waals surface area contributed by atoms with Crippen LogP contribution in [0.5, 0.6) is 5.88 Å². The zero-order valence-electron chi connectivity index (χ0n) is 12.5. The average Bonchev–Trinajstić information content (AvgIpc) is 2.45. The molecule has 2 aromatic rings. The third kappa shape index (κ3) is 3.00. The molecule has 2 atom stereocenters. The van der Waals surface area contributed by atoms with Gasteiger partial charge in [0.15, 0.2) is 0 Å². The SMILES string of the molecule is CC1CC(C)CC(Oc2nc3ccccc3cc2C#N)C1. The summed E-state index contributed by atoms with van der Waals surface area (Å²) in [5.41, 5.74) is 1.41. The van der Waals surface area contributed by atoms with Crippen LogP contribution in [0.4, 0.5) is 0 Å². The summed E-state index contributed by atoms with van der Waals surface area (Å²) in [5.74, 6) is 1.83. The van der Waals surface area contributed by atoms with Crippen LogP contribution in [0.2, 0.25) is 0 Å². The summed E-state index contributed by atoms with van der Waals surface area (Å²) in [7, 11) is 0. The highest BCUT2D eigenvalue weighted by Gasteiger charge is 2.26. The van der Waals surface area contributed by atoms with Gasteiger partial charge < -0.3 is 4.74 Å². The molecule has 3 rings (SSSR count). The summed E-state index contributed by atoms with van der Waals surface area (Å²) in [4.78, 5) is 4.55. The smallest absolute Gasteiger partial charge is 0.232 e. The number of hydrogen-bond acceptors (Lipinski definition) is 3. The summed E-state index contributed by atoms with van der Waals surface area (Å²) < 4.78 is 6.09. The number of nitrogens with zero attached hydrogens (tertiary/aromatic N) is 2. The molecule has 1 fully saturated rings. The van der Waals surface area contributed by atoms with Gasteiger partial charge >= 0.3 is 0 Å².